The molecule has 5 heteroatoms. The molecule has 2 unspecified atom stereocenters. The van der Waals surface area contributed by atoms with Crippen molar-refractivity contribution < 1.29 is 19.0 Å². The minimum absolute atomic E-state index is 0.502. The molecule has 0 aliphatic carbocycles. The molecule has 1 saturated heterocycles. The summed E-state index contributed by atoms with van der Waals surface area (Å²) >= 11 is 5.89. The third-order valence-electron chi connectivity index (χ3n) is 2.24. The Hall–Kier alpha value is -0.320. The van der Waals surface area contributed by atoms with Gasteiger partial charge in [-0.2, -0.15) is 0 Å². The Bertz CT molecular complexity index is 220. The molecule has 1 rings (SSSR count). The molecule has 0 bridgehead atoms. The van der Waals surface area contributed by atoms with Gasteiger partial charge in [0.2, 0.25) is 0 Å². The fourth-order valence-electron chi connectivity index (χ4n) is 1.18. The number of alkyl halides is 1. The molecule has 2 atom stereocenters. The van der Waals surface area contributed by atoms with Crippen molar-refractivity contribution in [1.82, 2.24) is 0 Å². The van der Waals surface area contributed by atoms with Crippen LogP contribution in [0.2, 0.25) is 0 Å². The van der Waals surface area contributed by atoms with Crippen LogP contribution in [0.4, 0.5) is 0 Å². The average molecular weight is 209 g/mol. The van der Waals surface area contributed by atoms with Crippen LogP contribution >= 0.6 is 11.6 Å². The fraction of sp³-hybridized carbons (Fsp3) is 0.875. The van der Waals surface area contributed by atoms with E-state index in [0.29, 0.717) is 13.0 Å². The number of rotatable bonds is 4. The first kappa shape index (κ1) is 10.8. The van der Waals surface area contributed by atoms with Crippen molar-refractivity contribution in [3.63, 3.8) is 0 Å². The van der Waals surface area contributed by atoms with Crippen LogP contribution in [0.1, 0.15) is 13.3 Å². The van der Waals surface area contributed by atoms with Gasteiger partial charge in [-0.1, -0.05) is 11.6 Å². The lowest BCUT2D eigenvalue weighted by molar-refractivity contribution is -0.143. The second kappa shape index (κ2) is 3.44. The first-order valence-electron chi connectivity index (χ1n) is 3.96. The van der Waals surface area contributed by atoms with Gasteiger partial charge in [-0.3, -0.25) is 0 Å². The SMILES string of the molecule is COCCC1(C)OC1(Cl)C(=O)OC. The van der Waals surface area contributed by atoms with Crippen LogP contribution in [-0.4, -0.2) is 37.5 Å². The van der Waals surface area contributed by atoms with Crippen LogP contribution in [0, 0.1) is 0 Å². The summed E-state index contributed by atoms with van der Waals surface area (Å²) in [7, 11) is 2.87. The van der Waals surface area contributed by atoms with Crippen LogP contribution in [0.15, 0.2) is 0 Å². The van der Waals surface area contributed by atoms with Crippen LogP contribution < -0.4 is 0 Å². The molecule has 0 N–H and O–H groups in total. The Morgan fingerprint density at radius 1 is 1.54 bits per heavy atom. The highest BCUT2D eigenvalue weighted by molar-refractivity contribution is 6.35. The quantitative estimate of drug-likeness (QED) is 0.392. The van der Waals surface area contributed by atoms with Gasteiger partial charge in [0.15, 0.2) is 0 Å². The number of carbonyl (C=O) groups excluding carboxylic acids is 1. The molecule has 1 fully saturated rings. The van der Waals surface area contributed by atoms with Crippen molar-refractivity contribution in [2.45, 2.75) is 24.0 Å². The molecule has 0 aromatic rings. The lowest BCUT2D eigenvalue weighted by atomic mass is 10.0. The molecular formula is C8H13ClO4. The highest BCUT2D eigenvalue weighted by Gasteiger charge is 2.72. The van der Waals surface area contributed by atoms with Crippen LogP contribution in [0.5, 0.6) is 0 Å². The van der Waals surface area contributed by atoms with Gasteiger partial charge < -0.3 is 14.2 Å². The van der Waals surface area contributed by atoms with Crippen LogP contribution in [0.25, 0.3) is 0 Å². The Labute approximate surface area is 82.1 Å². The first-order chi connectivity index (χ1) is 6.00. The smallest absolute Gasteiger partial charge is 0.357 e. The fourth-order valence-corrected chi connectivity index (χ4v) is 1.52. The highest BCUT2D eigenvalue weighted by atomic mass is 35.5. The van der Waals surface area contributed by atoms with Gasteiger partial charge in [-0.25, -0.2) is 4.79 Å². The average Bonchev–Trinajstić information content (AvgIpc) is 2.67. The Morgan fingerprint density at radius 3 is 2.62 bits per heavy atom. The predicted octanol–water partition coefficient (Wildman–Crippen LogP) is 0.920. The topological polar surface area (TPSA) is 48.1 Å². The number of halogens is 1. The monoisotopic (exact) mass is 208 g/mol. The molecule has 76 valence electrons. The zero-order valence-electron chi connectivity index (χ0n) is 7.93. The lowest BCUT2D eigenvalue weighted by Crippen LogP contribution is -2.29. The summed E-state index contributed by atoms with van der Waals surface area (Å²) in [5.41, 5.74) is -0.655. The van der Waals surface area contributed by atoms with Gasteiger partial charge in [0.25, 0.3) is 5.06 Å². The summed E-state index contributed by atoms with van der Waals surface area (Å²) in [6.45, 7) is 2.26. The standard InChI is InChI=1S/C8H13ClO4/c1-7(4-5-11-2)8(9,13-7)6(10)12-3/h4-5H2,1-3H3. The van der Waals surface area contributed by atoms with E-state index in [1.165, 1.54) is 7.11 Å². The molecule has 0 amide bonds. The van der Waals surface area contributed by atoms with Crippen LogP contribution in [0.3, 0.4) is 0 Å². The molecule has 1 aliphatic heterocycles. The lowest BCUT2D eigenvalue weighted by Gasteiger charge is -2.07. The van der Waals surface area contributed by atoms with E-state index < -0.39 is 16.6 Å². The van der Waals surface area contributed by atoms with Crippen molar-refractivity contribution in [2.75, 3.05) is 20.8 Å². The summed E-state index contributed by atoms with van der Waals surface area (Å²) < 4.78 is 14.5. The van der Waals surface area contributed by atoms with Crippen LogP contribution in [-0.2, 0) is 19.0 Å². The van der Waals surface area contributed by atoms with Gasteiger partial charge in [0.1, 0.15) is 5.60 Å². The molecule has 13 heavy (non-hydrogen) atoms. The number of hydrogen-bond acceptors (Lipinski definition) is 4. The van der Waals surface area contributed by atoms with E-state index in [0.717, 1.165) is 0 Å². The normalized spacial score (nSPS) is 37.2. The number of ether oxygens (including phenoxy) is 3. The predicted molar refractivity (Wildman–Crippen MR) is 46.6 cm³/mol. The largest absolute Gasteiger partial charge is 0.466 e. The minimum atomic E-state index is -1.31. The number of esters is 1. The third-order valence-corrected chi connectivity index (χ3v) is 2.87. The Kier molecular flexibility index (Phi) is 2.85. The number of methoxy groups -OCH3 is 2. The van der Waals surface area contributed by atoms with E-state index in [4.69, 9.17) is 21.1 Å². The Balaban J connectivity index is 2.53. The maximum Gasteiger partial charge on any atom is 0.357 e. The Morgan fingerprint density at radius 2 is 2.15 bits per heavy atom. The van der Waals surface area contributed by atoms with Gasteiger partial charge in [-0.15, -0.1) is 0 Å². The van der Waals surface area contributed by atoms with E-state index in [2.05, 4.69) is 4.74 Å². The molecule has 4 nitrogen and oxygen atoms in total. The minimum Gasteiger partial charge on any atom is -0.466 e. The molecule has 1 heterocycles. The number of carbonyl (C=O) groups is 1. The van der Waals surface area contributed by atoms with E-state index in [1.54, 1.807) is 14.0 Å². The maximum absolute atomic E-state index is 11.2. The molecular weight excluding hydrogens is 196 g/mol. The summed E-state index contributed by atoms with van der Waals surface area (Å²) in [5, 5.41) is -1.31. The first-order valence-corrected chi connectivity index (χ1v) is 4.34. The molecule has 0 aromatic carbocycles. The second-order valence-electron chi connectivity index (χ2n) is 3.16. The number of hydrogen-bond donors (Lipinski definition) is 0. The molecule has 0 aromatic heterocycles. The summed E-state index contributed by atoms with van der Waals surface area (Å²) in [6, 6.07) is 0. The second-order valence-corrected chi connectivity index (χ2v) is 3.69. The van der Waals surface area contributed by atoms with E-state index in [-0.39, 0.29) is 0 Å². The van der Waals surface area contributed by atoms with Crippen molar-refractivity contribution in [1.29, 1.82) is 0 Å². The van der Waals surface area contributed by atoms with Gasteiger partial charge in [-0.05, 0) is 6.92 Å². The zero-order chi connectivity index (χ0) is 10.1. The number of epoxide rings is 1. The van der Waals surface area contributed by atoms with Crippen molar-refractivity contribution in [3.8, 4) is 0 Å². The third kappa shape index (κ3) is 1.66. The zero-order valence-corrected chi connectivity index (χ0v) is 8.68. The van der Waals surface area contributed by atoms with E-state index >= 15 is 0 Å². The van der Waals surface area contributed by atoms with E-state index in [9.17, 15) is 4.79 Å². The highest BCUT2D eigenvalue weighted by Crippen LogP contribution is 2.54. The van der Waals surface area contributed by atoms with Crippen molar-refractivity contribution in [3.05, 3.63) is 0 Å². The van der Waals surface area contributed by atoms with Gasteiger partial charge in [0.05, 0.1) is 7.11 Å². The van der Waals surface area contributed by atoms with Gasteiger partial charge >= 0.3 is 5.97 Å². The van der Waals surface area contributed by atoms with Crippen molar-refractivity contribution in [2.24, 2.45) is 0 Å². The molecule has 0 radical (unpaired) electrons. The summed E-state index contributed by atoms with van der Waals surface area (Å²) in [6.07, 6.45) is 0.572. The van der Waals surface area contributed by atoms with Gasteiger partial charge in [0, 0.05) is 20.1 Å². The summed E-state index contributed by atoms with van der Waals surface area (Å²) in [4.78, 5) is 11.2. The van der Waals surface area contributed by atoms with E-state index in [1.807, 2.05) is 0 Å². The molecule has 1 aliphatic rings. The molecule has 0 spiro atoms. The summed E-state index contributed by atoms with van der Waals surface area (Å²) in [5.74, 6) is -0.548. The maximum atomic E-state index is 11.2. The molecule has 0 saturated carbocycles. The van der Waals surface area contributed by atoms with Crippen molar-refractivity contribution >= 4 is 17.6 Å².